The van der Waals surface area contributed by atoms with E-state index in [9.17, 15) is 4.79 Å². The largest absolute Gasteiger partial charge is 0.382 e. The molecule has 102 valence electrons. The zero-order chi connectivity index (χ0) is 13.1. The van der Waals surface area contributed by atoms with Crippen molar-refractivity contribution in [3.8, 4) is 0 Å². The van der Waals surface area contributed by atoms with E-state index >= 15 is 0 Å². The molecule has 5 heteroatoms. The molecule has 1 amide bonds. The van der Waals surface area contributed by atoms with Gasteiger partial charge in [0.1, 0.15) is 0 Å². The van der Waals surface area contributed by atoms with E-state index in [0.29, 0.717) is 26.2 Å². The maximum Gasteiger partial charge on any atom is 0.237 e. The molecule has 0 aromatic heterocycles. The van der Waals surface area contributed by atoms with E-state index in [2.05, 4.69) is 12.2 Å². The van der Waals surface area contributed by atoms with Gasteiger partial charge >= 0.3 is 0 Å². The minimum Gasteiger partial charge on any atom is -0.382 e. The molecule has 0 saturated heterocycles. The third kappa shape index (κ3) is 7.31. The normalized spacial score (nSPS) is 14.5. The predicted molar refractivity (Wildman–Crippen MR) is 67.8 cm³/mol. The number of carbonyl (C=O) groups is 1. The van der Waals surface area contributed by atoms with Crippen molar-refractivity contribution in [1.82, 2.24) is 5.32 Å². The van der Waals surface area contributed by atoms with Crippen molar-refractivity contribution >= 4 is 5.91 Å². The van der Waals surface area contributed by atoms with Crippen LogP contribution in [-0.4, -0.2) is 44.9 Å². The van der Waals surface area contributed by atoms with Crippen LogP contribution in [0.2, 0.25) is 0 Å². The Labute approximate surface area is 104 Å². The highest BCUT2D eigenvalue weighted by atomic mass is 16.5. The van der Waals surface area contributed by atoms with E-state index < -0.39 is 5.54 Å². The Bertz CT molecular complexity index is 212. The fraction of sp³-hybridized carbons (Fsp3) is 0.917. The predicted octanol–water partition coefficient (Wildman–Crippen LogP) is 0.673. The van der Waals surface area contributed by atoms with Gasteiger partial charge in [-0.3, -0.25) is 4.79 Å². The SMILES string of the molecule is CCCNC(C)(CCCOCCOC)C(N)=O. The molecule has 3 N–H and O–H groups in total. The number of hydrogen-bond acceptors (Lipinski definition) is 4. The van der Waals surface area contributed by atoms with Crippen molar-refractivity contribution in [1.29, 1.82) is 0 Å². The summed E-state index contributed by atoms with van der Waals surface area (Å²) in [5.41, 5.74) is 4.79. The van der Waals surface area contributed by atoms with E-state index in [-0.39, 0.29) is 5.91 Å². The second kappa shape index (κ2) is 9.39. The second-order valence-corrected chi connectivity index (χ2v) is 4.33. The molecule has 0 aromatic rings. The van der Waals surface area contributed by atoms with Crippen LogP contribution in [0.1, 0.15) is 33.1 Å². The van der Waals surface area contributed by atoms with Crippen LogP contribution >= 0.6 is 0 Å². The zero-order valence-electron chi connectivity index (χ0n) is 11.3. The first-order valence-corrected chi connectivity index (χ1v) is 6.18. The smallest absolute Gasteiger partial charge is 0.237 e. The van der Waals surface area contributed by atoms with Gasteiger partial charge in [-0.2, -0.15) is 0 Å². The lowest BCUT2D eigenvalue weighted by Gasteiger charge is -2.27. The number of nitrogens with one attached hydrogen (secondary N) is 1. The molecule has 5 nitrogen and oxygen atoms in total. The van der Waals surface area contributed by atoms with Crippen molar-refractivity contribution in [2.45, 2.75) is 38.6 Å². The Morgan fingerprint density at radius 1 is 1.35 bits per heavy atom. The number of methoxy groups -OCH3 is 1. The summed E-state index contributed by atoms with van der Waals surface area (Å²) in [7, 11) is 1.64. The molecule has 0 bridgehead atoms. The highest BCUT2D eigenvalue weighted by Crippen LogP contribution is 2.12. The van der Waals surface area contributed by atoms with Crippen LogP contribution in [0, 0.1) is 0 Å². The molecule has 0 rings (SSSR count). The number of nitrogens with two attached hydrogens (primary N) is 1. The lowest BCUT2D eigenvalue weighted by Crippen LogP contribution is -2.53. The van der Waals surface area contributed by atoms with Crippen molar-refractivity contribution < 1.29 is 14.3 Å². The molecule has 0 aliphatic carbocycles. The van der Waals surface area contributed by atoms with Crippen molar-refractivity contribution in [3.05, 3.63) is 0 Å². The molecule has 0 radical (unpaired) electrons. The average molecular weight is 246 g/mol. The maximum absolute atomic E-state index is 11.4. The molecule has 0 fully saturated rings. The third-order valence-corrected chi connectivity index (χ3v) is 2.71. The van der Waals surface area contributed by atoms with Gasteiger partial charge in [-0.25, -0.2) is 0 Å². The summed E-state index contributed by atoms with van der Waals surface area (Å²) >= 11 is 0. The highest BCUT2D eigenvalue weighted by molar-refractivity contribution is 5.84. The molecule has 0 spiro atoms. The summed E-state index contributed by atoms with van der Waals surface area (Å²) in [6.07, 6.45) is 2.47. The van der Waals surface area contributed by atoms with Gasteiger partial charge in [0.15, 0.2) is 0 Å². The minimum absolute atomic E-state index is 0.303. The molecule has 0 aromatic carbocycles. The first kappa shape index (κ1) is 16.4. The molecule has 1 unspecified atom stereocenters. The molecule has 0 heterocycles. The summed E-state index contributed by atoms with van der Waals surface area (Å²) in [5.74, 6) is -0.303. The minimum atomic E-state index is -0.624. The van der Waals surface area contributed by atoms with Gasteiger partial charge in [0, 0.05) is 13.7 Å². The zero-order valence-corrected chi connectivity index (χ0v) is 11.3. The second-order valence-electron chi connectivity index (χ2n) is 4.33. The summed E-state index contributed by atoms with van der Waals surface area (Å²) in [4.78, 5) is 11.4. The first-order chi connectivity index (χ1) is 8.06. The molecule has 0 aliphatic heterocycles. The number of carbonyl (C=O) groups excluding carboxylic acids is 1. The van der Waals surface area contributed by atoms with Crippen LogP contribution in [0.3, 0.4) is 0 Å². The third-order valence-electron chi connectivity index (χ3n) is 2.71. The molecule has 1 atom stereocenters. The number of ether oxygens (including phenoxy) is 2. The molecular weight excluding hydrogens is 220 g/mol. The van der Waals surface area contributed by atoms with Gasteiger partial charge in [0.25, 0.3) is 0 Å². The van der Waals surface area contributed by atoms with Gasteiger partial charge in [-0.05, 0) is 32.7 Å². The summed E-state index contributed by atoms with van der Waals surface area (Å²) in [6.45, 7) is 6.51. The average Bonchev–Trinajstić information content (AvgIpc) is 2.31. The van der Waals surface area contributed by atoms with Crippen LogP contribution in [-0.2, 0) is 14.3 Å². The standard InChI is InChI=1S/C12H26N2O3/c1-4-7-14-12(2,11(13)15)6-5-8-17-10-9-16-3/h14H,4-10H2,1-3H3,(H2,13,15). The van der Waals surface area contributed by atoms with E-state index in [1.807, 2.05) is 6.92 Å². The number of rotatable bonds is 11. The topological polar surface area (TPSA) is 73.6 Å². The van der Waals surface area contributed by atoms with Crippen molar-refractivity contribution in [2.75, 3.05) is 33.5 Å². The molecule has 0 saturated carbocycles. The van der Waals surface area contributed by atoms with Crippen LogP contribution in [0.5, 0.6) is 0 Å². The molecular formula is C12H26N2O3. The quantitative estimate of drug-likeness (QED) is 0.526. The van der Waals surface area contributed by atoms with E-state index in [1.54, 1.807) is 7.11 Å². The van der Waals surface area contributed by atoms with Gasteiger partial charge in [0.05, 0.1) is 18.8 Å². The van der Waals surface area contributed by atoms with E-state index in [4.69, 9.17) is 15.2 Å². The summed E-state index contributed by atoms with van der Waals surface area (Å²) in [6, 6.07) is 0. The highest BCUT2D eigenvalue weighted by Gasteiger charge is 2.29. The Balaban J connectivity index is 3.81. The van der Waals surface area contributed by atoms with Gasteiger partial charge < -0.3 is 20.5 Å². The molecule has 17 heavy (non-hydrogen) atoms. The van der Waals surface area contributed by atoms with Gasteiger partial charge in [-0.15, -0.1) is 0 Å². The summed E-state index contributed by atoms with van der Waals surface area (Å²) < 4.78 is 10.2. The molecule has 0 aliphatic rings. The van der Waals surface area contributed by atoms with Gasteiger partial charge in [0.2, 0.25) is 5.91 Å². The first-order valence-electron chi connectivity index (χ1n) is 6.18. The monoisotopic (exact) mass is 246 g/mol. The van der Waals surface area contributed by atoms with Crippen molar-refractivity contribution in [2.24, 2.45) is 5.73 Å². The number of hydrogen-bond donors (Lipinski definition) is 2. The number of primary amides is 1. The lowest BCUT2D eigenvalue weighted by molar-refractivity contribution is -0.124. The van der Waals surface area contributed by atoms with Crippen LogP contribution in [0.25, 0.3) is 0 Å². The Hall–Kier alpha value is -0.650. The fourth-order valence-electron chi connectivity index (χ4n) is 1.47. The number of amides is 1. The fourth-order valence-corrected chi connectivity index (χ4v) is 1.47. The van der Waals surface area contributed by atoms with Crippen LogP contribution in [0.15, 0.2) is 0 Å². The lowest BCUT2D eigenvalue weighted by atomic mass is 9.95. The van der Waals surface area contributed by atoms with Crippen LogP contribution in [0.4, 0.5) is 0 Å². The Morgan fingerprint density at radius 2 is 2.06 bits per heavy atom. The van der Waals surface area contributed by atoms with E-state index in [0.717, 1.165) is 19.4 Å². The van der Waals surface area contributed by atoms with Crippen LogP contribution < -0.4 is 11.1 Å². The van der Waals surface area contributed by atoms with Gasteiger partial charge in [-0.1, -0.05) is 6.92 Å². The Morgan fingerprint density at radius 3 is 2.59 bits per heavy atom. The Kier molecular flexibility index (Phi) is 9.03. The van der Waals surface area contributed by atoms with E-state index in [1.165, 1.54) is 0 Å². The summed E-state index contributed by atoms with van der Waals surface area (Å²) in [5, 5.41) is 3.19. The maximum atomic E-state index is 11.4. The van der Waals surface area contributed by atoms with Crippen molar-refractivity contribution in [3.63, 3.8) is 0 Å².